The largest absolute Gasteiger partial charge is 0.361 e. The number of carbonyl (C=O) groups excluding carboxylic acids is 1. The molecular formula is C12H10ClFN2O2. The quantitative estimate of drug-likeness (QED) is 0.909. The Balaban J connectivity index is 2.21. The smallest absolute Gasteiger partial charge is 0.278 e. The number of nitrogens with zero attached hydrogens (tertiary/aromatic N) is 1. The number of anilines is 1. The van der Waals surface area contributed by atoms with E-state index >= 15 is 0 Å². The third kappa shape index (κ3) is 2.36. The molecule has 0 aliphatic heterocycles. The molecular weight excluding hydrogens is 259 g/mol. The minimum absolute atomic E-state index is 0.0548. The van der Waals surface area contributed by atoms with E-state index in [1.165, 1.54) is 18.2 Å². The van der Waals surface area contributed by atoms with E-state index < -0.39 is 11.7 Å². The number of aromatic nitrogens is 1. The van der Waals surface area contributed by atoms with Crippen molar-refractivity contribution in [1.29, 1.82) is 0 Å². The molecule has 0 fully saturated rings. The molecule has 1 amide bonds. The summed E-state index contributed by atoms with van der Waals surface area (Å²) in [5.74, 6) is -0.382. The van der Waals surface area contributed by atoms with Gasteiger partial charge >= 0.3 is 0 Å². The van der Waals surface area contributed by atoms with Gasteiger partial charge in [0, 0.05) is 11.3 Å². The number of rotatable bonds is 2. The standard InChI is InChI=1S/C12H10ClFN2O2/c1-6-7(2)18-16-11(6)12(17)15-8-3-4-10(14)9(13)5-8/h3-5H,1-2H3,(H,15,17). The summed E-state index contributed by atoms with van der Waals surface area (Å²) < 4.78 is 17.9. The predicted molar refractivity (Wildman–Crippen MR) is 65.3 cm³/mol. The van der Waals surface area contributed by atoms with Crippen LogP contribution in [0.25, 0.3) is 0 Å². The van der Waals surface area contributed by atoms with Crippen molar-refractivity contribution in [2.24, 2.45) is 0 Å². The van der Waals surface area contributed by atoms with Crippen LogP contribution in [-0.2, 0) is 0 Å². The molecule has 0 saturated heterocycles. The molecule has 2 rings (SSSR count). The highest BCUT2D eigenvalue weighted by atomic mass is 35.5. The van der Waals surface area contributed by atoms with Crippen molar-refractivity contribution >= 4 is 23.2 Å². The SMILES string of the molecule is Cc1onc(C(=O)Nc2ccc(F)c(Cl)c2)c1C. The lowest BCUT2D eigenvalue weighted by Crippen LogP contribution is -2.13. The Hall–Kier alpha value is -1.88. The van der Waals surface area contributed by atoms with Crippen LogP contribution in [0.15, 0.2) is 22.7 Å². The summed E-state index contributed by atoms with van der Waals surface area (Å²) in [7, 11) is 0. The molecule has 1 N–H and O–H groups in total. The Labute approximate surface area is 108 Å². The van der Waals surface area contributed by atoms with E-state index in [0.717, 1.165) is 0 Å². The second-order valence-electron chi connectivity index (χ2n) is 3.80. The van der Waals surface area contributed by atoms with Crippen molar-refractivity contribution in [3.05, 3.63) is 46.1 Å². The van der Waals surface area contributed by atoms with Gasteiger partial charge in [0.25, 0.3) is 5.91 Å². The van der Waals surface area contributed by atoms with Gasteiger partial charge in [0.15, 0.2) is 5.69 Å². The van der Waals surface area contributed by atoms with Gasteiger partial charge in [-0.15, -0.1) is 0 Å². The van der Waals surface area contributed by atoms with Gasteiger partial charge in [-0.25, -0.2) is 4.39 Å². The van der Waals surface area contributed by atoms with Gasteiger partial charge in [-0.2, -0.15) is 0 Å². The lowest BCUT2D eigenvalue weighted by atomic mass is 10.2. The fraction of sp³-hybridized carbons (Fsp3) is 0.167. The highest BCUT2D eigenvalue weighted by Crippen LogP contribution is 2.20. The molecule has 0 atom stereocenters. The summed E-state index contributed by atoms with van der Waals surface area (Å²) >= 11 is 5.62. The predicted octanol–water partition coefficient (Wildman–Crippen LogP) is 3.34. The molecule has 0 saturated carbocycles. The minimum atomic E-state index is -0.539. The number of aryl methyl sites for hydroxylation is 1. The minimum Gasteiger partial charge on any atom is -0.361 e. The van der Waals surface area contributed by atoms with E-state index in [1.807, 2.05) is 0 Å². The lowest BCUT2D eigenvalue weighted by Gasteiger charge is -2.04. The topological polar surface area (TPSA) is 55.1 Å². The van der Waals surface area contributed by atoms with E-state index in [1.54, 1.807) is 13.8 Å². The maximum atomic E-state index is 13.0. The number of halogens is 2. The molecule has 1 aromatic heterocycles. The first-order valence-electron chi connectivity index (χ1n) is 5.18. The first-order valence-corrected chi connectivity index (χ1v) is 5.56. The van der Waals surface area contributed by atoms with Crippen molar-refractivity contribution in [2.75, 3.05) is 5.32 Å². The van der Waals surface area contributed by atoms with Gasteiger partial charge in [0.05, 0.1) is 5.02 Å². The molecule has 0 aliphatic rings. The Kier molecular flexibility index (Phi) is 3.34. The maximum absolute atomic E-state index is 13.0. The Bertz CT molecular complexity index is 610. The van der Waals surface area contributed by atoms with E-state index in [2.05, 4.69) is 10.5 Å². The molecule has 0 spiro atoms. The zero-order valence-electron chi connectivity index (χ0n) is 9.75. The average molecular weight is 269 g/mol. The maximum Gasteiger partial charge on any atom is 0.278 e. The molecule has 0 unspecified atom stereocenters. The molecule has 0 radical (unpaired) electrons. The summed E-state index contributed by atoms with van der Waals surface area (Å²) in [5.41, 5.74) is 1.26. The first kappa shape index (κ1) is 12.6. The summed E-state index contributed by atoms with van der Waals surface area (Å²) in [5, 5.41) is 6.17. The number of amides is 1. The highest BCUT2D eigenvalue weighted by Gasteiger charge is 2.16. The third-order valence-electron chi connectivity index (χ3n) is 2.55. The summed E-state index contributed by atoms with van der Waals surface area (Å²) in [6, 6.07) is 3.93. The van der Waals surface area contributed by atoms with E-state index in [0.29, 0.717) is 17.0 Å². The molecule has 2 aromatic rings. The van der Waals surface area contributed by atoms with Crippen molar-refractivity contribution in [3.63, 3.8) is 0 Å². The first-order chi connectivity index (χ1) is 8.49. The Morgan fingerprint density at radius 3 is 2.72 bits per heavy atom. The van der Waals surface area contributed by atoms with Gasteiger partial charge in [0.1, 0.15) is 11.6 Å². The second kappa shape index (κ2) is 4.78. The number of hydrogen-bond acceptors (Lipinski definition) is 3. The van der Waals surface area contributed by atoms with E-state index in [9.17, 15) is 9.18 Å². The van der Waals surface area contributed by atoms with E-state index in [-0.39, 0.29) is 10.7 Å². The van der Waals surface area contributed by atoms with Gasteiger partial charge in [0.2, 0.25) is 0 Å². The fourth-order valence-electron chi connectivity index (χ4n) is 1.39. The zero-order valence-corrected chi connectivity index (χ0v) is 10.5. The normalized spacial score (nSPS) is 10.4. The monoisotopic (exact) mass is 268 g/mol. The van der Waals surface area contributed by atoms with E-state index in [4.69, 9.17) is 16.1 Å². The number of nitrogens with one attached hydrogen (secondary N) is 1. The average Bonchev–Trinajstić information content (AvgIpc) is 2.65. The highest BCUT2D eigenvalue weighted by molar-refractivity contribution is 6.31. The van der Waals surface area contributed by atoms with Crippen LogP contribution >= 0.6 is 11.6 Å². The van der Waals surface area contributed by atoms with Crippen LogP contribution in [-0.4, -0.2) is 11.1 Å². The van der Waals surface area contributed by atoms with Crippen LogP contribution in [0.5, 0.6) is 0 Å². The van der Waals surface area contributed by atoms with Crippen molar-refractivity contribution < 1.29 is 13.7 Å². The van der Waals surface area contributed by atoms with Crippen LogP contribution in [0.3, 0.4) is 0 Å². The van der Waals surface area contributed by atoms with Gasteiger partial charge in [-0.05, 0) is 32.0 Å². The number of hydrogen-bond donors (Lipinski definition) is 1. The third-order valence-corrected chi connectivity index (χ3v) is 2.84. The van der Waals surface area contributed by atoms with Crippen molar-refractivity contribution in [1.82, 2.24) is 5.16 Å². The molecule has 1 heterocycles. The number of benzene rings is 1. The zero-order chi connectivity index (χ0) is 13.3. The molecule has 1 aromatic carbocycles. The number of carbonyl (C=O) groups is 1. The van der Waals surface area contributed by atoms with Crippen LogP contribution in [0.4, 0.5) is 10.1 Å². The summed E-state index contributed by atoms with van der Waals surface area (Å²) in [6.07, 6.45) is 0. The second-order valence-corrected chi connectivity index (χ2v) is 4.20. The Morgan fingerprint density at radius 1 is 1.44 bits per heavy atom. The summed E-state index contributed by atoms with van der Waals surface area (Å²) in [6.45, 7) is 3.45. The molecule has 4 nitrogen and oxygen atoms in total. The molecule has 0 bridgehead atoms. The van der Waals surface area contributed by atoms with Crippen molar-refractivity contribution in [2.45, 2.75) is 13.8 Å². The van der Waals surface area contributed by atoms with Gasteiger partial charge in [-0.3, -0.25) is 4.79 Å². The van der Waals surface area contributed by atoms with Crippen molar-refractivity contribution in [3.8, 4) is 0 Å². The van der Waals surface area contributed by atoms with Crippen LogP contribution < -0.4 is 5.32 Å². The molecule has 94 valence electrons. The fourth-order valence-corrected chi connectivity index (χ4v) is 1.57. The van der Waals surface area contributed by atoms with Gasteiger partial charge in [-0.1, -0.05) is 16.8 Å². The molecule has 18 heavy (non-hydrogen) atoms. The summed E-state index contributed by atoms with van der Waals surface area (Å²) in [4.78, 5) is 11.9. The lowest BCUT2D eigenvalue weighted by molar-refractivity contribution is 0.101. The van der Waals surface area contributed by atoms with Crippen LogP contribution in [0.1, 0.15) is 21.8 Å². The van der Waals surface area contributed by atoms with Gasteiger partial charge < -0.3 is 9.84 Å². The van der Waals surface area contributed by atoms with Crippen LogP contribution in [0.2, 0.25) is 5.02 Å². The molecule has 0 aliphatic carbocycles. The van der Waals surface area contributed by atoms with Crippen LogP contribution in [0, 0.1) is 19.7 Å². The molecule has 6 heteroatoms. The Morgan fingerprint density at radius 2 is 2.17 bits per heavy atom.